The summed E-state index contributed by atoms with van der Waals surface area (Å²) in [6, 6.07) is -0.118. The Hall–Kier alpha value is -0.610. The van der Waals surface area contributed by atoms with E-state index >= 15 is 0 Å². The lowest BCUT2D eigenvalue weighted by atomic mass is 9.94. The van der Waals surface area contributed by atoms with E-state index < -0.39 is 0 Å². The van der Waals surface area contributed by atoms with Gasteiger partial charge in [-0.3, -0.25) is 9.69 Å². The van der Waals surface area contributed by atoms with Gasteiger partial charge in [0, 0.05) is 26.2 Å². The normalized spacial score (nSPS) is 23.1. The number of ether oxygens (including phenoxy) is 1. The minimum atomic E-state index is -0.118. The summed E-state index contributed by atoms with van der Waals surface area (Å²) in [5.74, 6) is -0.0982. The Morgan fingerprint density at radius 3 is 2.75 bits per heavy atom. The summed E-state index contributed by atoms with van der Waals surface area (Å²) in [4.78, 5) is 14.0. The molecule has 4 nitrogen and oxygen atoms in total. The van der Waals surface area contributed by atoms with Crippen LogP contribution in [0, 0.1) is 5.41 Å². The summed E-state index contributed by atoms with van der Waals surface area (Å²) in [6.45, 7) is 12.4. The minimum absolute atomic E-state index is 0.0982. The molecule has 94 valence electrons. The fourth-order valence-electron chi connectivity index (χ4n) is 2.02. The monoisotopic (exact) mass is 228 g/mol. The number of nitrogens with one attached hydrogen (secondary N) is 1. The van der Waals surface area contributed by atoms with E-state index in [-0.39, 0.29) is 17.4 Å². The molecule has 0 aliphatic carbocycles. The molecule has 0 radical (unpaired) electrons. The van der Waals surface area contributed by atoms with Gasteiger partial charge in [-0.1, -0.05) is 20.8 Å². The van der Waals surface area contributed by atoms with E-state index in [1.54, 1.807) is 0 Å². The highest BCUT2D eigenvalue weighted by Gasteiger charge is 2.31. The summed E-state index contributed by atoms with van der Waals surface area (Å²) >= 11 is 0. The van der Waals surface area contributed by atoms with Gasteiger partial charge in [-0.15, -0.1) is 0 Å². The zero-order chi connectivity index (χ0) is 12.2. The van der Waals surface area contributed by atoms with Gasteiger partial charge in [-0.05, 0) is 12.3 Å². The third-order valence-electron chi connectivity index (χ3n) is 2.59. The van der Waals surface area contributed by atoms with Crippen LogP contribution in [0.1, 0.15) is 27.7 Å². The summed E-state index contributed by atoms with van der Waals surface area (Å²) < 4.78 is 5.11. The van der Waals surface area contributed by atoms with E-state index in [4.69, 9.17) is 4.74 Å². The van der Waals surface area contributed by atoms with Crippen molar-refractivity contribution in [2.24, 2.45) is 5.41 Å². The Bertz CT molecular complexity index is 236. The van der Waals surface area contributed by atoms with Gasteiger partial charge in [-0.2, -0.15) is 0 Å². The lowest BCUT2D eigenvalue weighted by Crippen LogP contribution is -2.57. The highest BCUT2D eigenvalue weighted by molar-refractivity contribution is 5.76. The van der Waals surface area contributed by atoms with Crippen LogP contribution in [0.4, 0.5) is 0 Å². The predicted octanol–water partition coefficient (Wildman–Crippen LogP) is 0.869. The molecule has 1 aliphatic rings. The molecule has 16 heavy (non-hydrogen) atoms. The Morgan fingerprint density at radius 1 is 1.50 bits per heavy atom. The molecule has 1 unspecified atom stereocenters. The van der Waals surface area contributed by atoms with Gasteiger partial charge in [-0.25, -0.2) is 0 Å². The van der Waals surface area contributed by atoms with E-state index in [1.807, 2.05) is 6.92 Å². The third-order valence-corrected chi connectivity index (χ3v) is 2.59. The first-order valence-corrected chi connectivity index (χ1v) is 6.05. The Labute approximate surface area is 98.3 Å². The van der Waals surface area contributed by atoms with Crippen LogP contribution < -0.4 is 5.32 Å². The highest BCUT2D eigenvalue weighted by atomic mass is 16.5. The van der Waals surface area contributed by atoms with E-state index in [0.717, 1.165) is 19.6 Å². The number of rotatable bonds is 3. The van der Waals surface area contributed by atoms with Crippen LogP contribution in [0.2, 0.25) is 0 Å². The van der Waals surface area contributed by atoms with E-state index in [1.165, 1.54) is 0 Å². The first kappa shape index (κ1) is 13.5. The van der Waals surface area contributed by atoms with Crippen molar-refractivity contribution in [2.45, 2.75) is 33.7 Å². The van der Waals surface area contributed by atoms with E-state index in [2.05, 4.69) is 31.0 Å². The van der Waals surface area contributed by atoms with Crippen molar-refractivity contribution in [1.82, 2.24) is 10.2 Å². The largest absolute Gasteiger partial charge is 0.465 e. The summed E-state index contributed by atoms with van der Waals surface area (Å²) in [5, 5.41) is 3.25. The van der Waals surface area contributed by atoms with Gasteiger partial charge < -0.3 is 10.1 Å². The number of hydrogen-bond acceptors (Lipinski definition) is 4. The van der Waals surface area contributed by atoms with Crippen molar-refractivity contribution in [1.29, 1.82) is 0 Å². The second-order valence-electron chi connectivity index (χ2n) is 5.50. The smallest absolute Gasteiger partial charge is 0.324 e. The number of hydrogen-bond donors (Lipinski definition) is 1. The molecule has 0 amide bonds. The standard InChI is InChI=1S/C12H24N2O2/c1-5-16-11(15)10-8-13-6-7-14(10)9-12(2,3)4/h10,13H,5-9H2,1-4H3. The quantitative estimate of drug-likeness (QED) is 0.728. The highest BCUT2D eigenvalue weighted by Crippen LogP contribution is 2.18. The first-order chi connectivity index (χ1) is 7.44. The zero-order valence-electron chi connectivity index (χ0n) is 10.9. The van der Waals surface area contributed by atoms with Crippen molar-refractivity contribution in [3.05, 3.63) is 0 Å². The molecule has 1 saturated heterocycles. The molecule has 0 bridgehead atoms. The zero-order valence-corrected chi connectivity index (χ0v) is 10.9. The second kappa shape index (κ2) is 5.64. The topological polar surface area (TPSA) is 41.6 Å². The van der Waals surface area contributed by atoms with Crippen LogP contribution in [0.3, 0.4) is 0 Å². The van der Waals surface area contributed by atoms with Gasteiger partial charge >= 0.3 is 5.97 Å². The Kier molecular flexibility index (Phi) is 4.74. The van der Waals surface area contributed by atoms with Gasteiger partial charge in [0.15, 0.2) is 0 Å². The van der Waals surface area contributed by atoms with Gasteiger partial charge in [0.2, 0.25) is 0 Å². The lowest BCUT2D eigenvalue weighted by Gasteiger charge is -2.38. The van der Waals surface area contributed by atoms with Crippen molar-refractivity contribution in [3.8, 4) is 0 Å². The molecule has 1 atom stereocenters. The Morgan fingerprint density at radius 2 is 2.19 bits per heavy atom. The lowest BCUT2D eigenvalue weighted by molar-refractivity contribution is -0.150. The molecule has 4 heteroatoms. The number of carbonyl (C=O) groups excluding carboxylic acids is 1. The molecular formula is C12H24N2O2. The molecule has 1 aliphatic heterocycles. The van der Waals surface area contributed by atoms with Crippen molar-refractivity contribution >= 4 is 5.97 Å². The summed E-state index contributed by atoms with van der Waals surface area (Å²) in [7, 11) is 0. The van der Waals surface area contributed by atoms with Crippen molar-refractivity contribution < 1.29 is 9.53 Å². The molecule has 0 spiro atoms. The fraction of sp³-hybridized carbons (Fsp3) is 0.917. The second-order valence-corrected chi connectivity index (χ2v) is 5.50. The number of carbonyl (C=O) groups is 1. The maximum atomic E-state index is 11.8. The van der Waals surface area contributed by atoms with Gasteiger partial charge in [0.05, 0.1) is 6.61 Å². The van der Waals surface area contributed by atoms with Crippen LogP contribution in [-0.2, 0) is 9.53 Å². The van der Waals surface area contributed by atoms with Crippen LogP contribution in [-0.4, -0.2) is 49.7 Å². The molecule has 1 fully saturated rings. The van der Waals surface area contributed by atoms with E-state index in [0.29, 0.717) is 13.2 Å². The molecule has 1 rings (SSSR count). The third kappa shape index (κ3) is 4.10. The van der Waals surface area contributed by atoms with Crippen molar-refractivity contribution in [2.75, 3.05) is 32.8 Å². The van der Waals surface area contributed by atoms with Crippen molar-refractivity contribution in [3.63, 3.8) is 0 Å². The van der Waals surface area contributed by atoms with Gasteiger partial charge in [0.25, 0.3) is 0 Å². The number of nitrogens with zero attached hydrogens (tertiary/aromatic N) is 1. The summed E-state index contributed by atoms with van der Waals surface area (Å²) in [5.41, 5.74) is 0.210. The number of esters is 1. The molecule has 0 saturated carbocycles. The van der Waals surface area contributed by atoms with Crippen LogP contribution in [0.5, 0.6) is 0 Å². The number of piperazine rings is 1. The predicted molar refractivity (Wildman–Crippen MR) is 64.3 cm³/mol. The fourth-order valence-corrected chi connectivity index (χ4v) is 2.02. The molecule has 1 heterocycles. The average molecular weight is 228 g/mol. The Balaban J connectivity index is 2.60. The van der Waals surface area contributed by atoms with Gasteiger partial charge in [0.1, 0.15) is 6.04 Å². The minimum Gasteiger partial charge on any atom is -0.465 e. The maximum absolute atomic E-state index is 11.8. The molecular weight excluding hydrogens is 204 g/mol. The molecule has 0 aromatic rings. The van der Waals surface area contributed by atoms with Crippen LogP contribution >= 0.6 is 0 Å². The van der Waals surface area contributed by atoms with E-state index in [9.17, 15) is 4.79 Å². The SMILES string of the molecule is CCOC(=O)C1CNCCN1CC(C)(C)C. The maximum Gasteiger partial charge on any atom is 0.324 e. The molecule has 1 N–H and O–H groups in total. The average Bonchev–Trinajstić information content (AvgIpc) is 2.16. The first-order valence-electron chi connectivity index (χ1n) is 6.05. The van der Waals surface area contributed by atoms with Crippen LogP contribution in [0.15, 0.2) is 0 Å². The molecule has 0 aromatic heterocycles. The molecule has 0 aromatic carbocycles. The van der Waals surface area contributed by atoms with Crippen LogP contribution in [0.25, 0.3) is 0 Å². The summed E-state index contributed by atoms with van der Waals surface area (Å²) in [6.07, 6.45) is 0.